The number of carbonyl (C=O) groups excluding carboxylic acids is 1. The molecule has 1 fully saturated rings. The van der Waals surface area contributed by atoms with Crippen LogP contribution in [0.1, 0.15) is 5.56 Å². The summed E-state index contributed by atoms with van der Waals surface area (Å²) in [7, 11) is 3.32. The fourth-order valence-corrected chi connectivity index (χ4v) is 3.51. The molecule has 1 unspecified atom stereocenters. The van der Waals surface area contributed by atoms with Crippen LogP contribution < -0.4 is 10.2 Å². The third kappa shape index (κ3) is 3.67. The number of carbonyl (C=O) groups is 1. The number of nitrogens with zero attached hydrogens (tertiary/aromatic N) is 5. The zero-order valence-corrected chi connectivity index (χ0v) is 16.4. The van der Waals surface area contributed by atoms with E-state index in [4.69, 9.17) is 0 Å². The lowest BCUT2D eigenvalue weighted by Crippen LogP contribution is -2.57. The third-order valence-corrected chi connectivity index (χ3v) is 4.99. The van der Waals surface area contributed by atoms with Crippen molar-refractivity contribution in [1.82, 2.24) is 30.4 Å². The number of hydrogen-bond acceptors (Lipinski definition) is 6. The van der Waals surface area contributed by atoms with Crippen molar-refractivity contribution in [2.75, 3.05) is 38.6 Å². The van der Waals surface area contributed by atoms with E-state index in [2.05, 4.69) is 25.5 Å². The number of halogens is 3. The SMILES string of the molecule is CN(C)C(=O)C1CN(c2ccc(C(F)(F)F)c(-c3[nH]nc4ncccc34)n2)CCN1. The van der Waals surface area contributed by atoms with Crippen LogP contribution in [0, 0.1) is 0 Å². The van der Waals surface area contributed by atoms with Crippen LogP contribution in [0.4, 0.5) is 19.0 Å². The number of rotatable bonds is 3. The van der Waals surface area contributed by atoms with Crippen molar-refractivity contribution in [1.29, 1.82) is 0 Å². The van der Waals surface area contributed by atoms with E-state index in [1.54, 1.807) is 26.2 Å². The van der Waals surface area contributed by atoms with Gasteiger partial charge in [0.1, 0.15) is 17.6 Å². The number of amides is 1. The highest BCUT2D eigenvalue weighted by molar-refractivity contribution is 5.90. The Morgan fingerprint density at radius 1 is 1.27 bits per heavy atom. The first-order valence-corrected chi connectivity index (χ1v) is 9.33. The van der Waals surface area contributed by atoms with Gasteiger partial charge in [-0.15, -0.1) is 0 Å². The minimum absolute atomic E-state index is 0.0996. The molecular formula is C19H20F3N7O. The van der Waals surface area contributed by atoms with E-state index < -0.39 is 17.8 Å². The maximum absolute atomic E-state index is 13.7. The largest absolute Gasteiger partial charge is 0.418 e. The molecule has 1 aliphatic heterocycles. The second-order valence-electron chi connectivity index (χ2n) is 7.22. The fourth-order valence-electron chi connectivity index (χ4n) is 3.51. The lowest BCUT2D eigenvalue weighted by molar-refractivity contribution is -0.137. The summed E-state index contributed by atoms with van der Waals surface area (Å²) >= 11 is 0. The molecule has 0 aliphatic carbocycles. The molecule has 1 saturated heterocycles. The molecule has 3 aromatic rings. The lowest BCUT2D eigenvalue weighted by atomic mass is 10.1. The number of alkyl halides is 3. The van der Waals surface area contributed by atoms with Crippen molar-refractivity contribution in [2.45, 2.75) is 12.2 Å². The molecule has 4 heterocycles. The molecule has 2 N–H and O–H groups in total. The molecule has 30 heavy (non-hydrogen) atoms. The van der Waals surface area contributed by atoms with E-state index in [0.717, 1.165) is 6.07 Å². The van der Waals surface area contributed by atoms with E-state index in [1.807, 2.05) is 4.90 Å². The van der Waals surface area contributed by atoms with Crippen LogP contribution in [-0.2, 0) is 11.0 Å². The summed E-state index contributed by atoms with van der Waals surface area (Å²) in [6.07, 6.45) is -3.07. The quantitative estimate of drug-likeness (QED) is 0.674. The second-order valence-corrected chi connectivity index (χ2v) is 7.22. The van der Waals surface area contributed by atoms with E-state index in [0.29, 0.717) is 36.5 Å². The molecule has 1 amide bonds. The molecule has 0 spiro atoms. The third-order valence-electron chi connectivity index (χ3n) is 4.99. The Morgan fingerprint density at radius 3 is 2.80 bits per heavy atom. The standard InChI is InChI=1S/C19H20F3N7O/c1-28(2)18(30)13-10-29(9-8-23-13)14-6-5-12(19(20,21)22)16(25-14)15-11-4-3-7-24-17(11)27-26-15/h3-7,13,23H,8-10H2,1-2H3,(H,24,26,27). The molecule has 4 rings (SSSR count). The number of nitrogens with one attached hydrogen (secondary N) is 2. The van der Waals surface area contributed by atoms with Gasteiger partial charge in [0, 0.05) is 45.3 Å². The van der Waals surface area contributed by atoms with Gasteiger partial charge in [0.2, 0.25) is 5.91 Å². The molecule has 0 radical (unpaired) electrons. The highest BCUT2D eigenvalue weighted by atomic mass is 19.4. The number of aromatic nitrogens is 4. The average molecular weight is 419 g/mol. The van der Waals surface area contributed by atoms with Gasteiger partial charge >= 0.3 is 6.18 Å². The minimum Gasteiger partial charge on any atom is -0.353 e. The van der Waals surface area contributed by atoms with Gasteiger partial charge in [-0.3, -0.25) is 9.89 Å². The highest BCUT2D eigenvalue weighted by Gasteiger charge is 2.36. The van der Waals surface area contributed by atoms with E-state index in [1.165, 1.54) is 17.2 Å². The Morgan fingerprint density at radius 2 is 2.07 bits per heavy atom. The normalized spacial score (nSPS) is 17.4. The first-order valence-electron chi connectivity index (χ1n) is 9.33. The van der Waals surface area contributed by atoms with Gasteiger partial charge in [-0.25, -0.2) is 9.97 Å². The number of aromatic amines is 1. The van der Waals surface area contributed by atoms with Gasteiger partial charge < -0.3 is 15.1 Å². The maximum Gasteiger partial charge on any atom is 0.418 e. The maximum atomic E-state index is 13.7. The number of likely N-dealkylation sites (N-methyl/N-ethyl adjacent to an activating group) is 1. The molecular weight excluding hydrogens is 399 g/mol. The van der Waals surface area contributed by atoms with Gasteiger partial charge in [-0.2, -0.15) is 18.3 Å². The van der Waals surface area contributed by atoms with Crippen molar-refractivity contribution in [2.24, 2.45) is 0 Å². The predicted molar refractivity (Wildman–Crippen MR) is 105 cm³/mol. The number of H-pyrrole nitrogens is 1. The monoisotopic (exact) mass is 419 g/mol. The second kappa shape index (κ2) is 7.56. The summed E-state index contributed by atoms with van der Waals surface area (Å²) in [5, 5.41) is 10.2. The number of piperazine rings is 1. The van der Waals surface area contributed by atoms with Crippen LogP contribution >= 0.6 is 0 Å². The first kappa shape index (κ1) is 20.1. The molecule has 11 heteroatoms. The zero-order chi connectivity index (χ0) is 21.5. The van der Waals surface area contributed by atoms with E-state index >= 15 is 0 Å². The van der Waals surface area contributed by atoms with E-state index in [-0.39, 0.29) is 17.3 Å². The topological polar surface area (TPSA) is 90.0 Å². The van der Waals surface area contributed by atoms with Crippen LogP contribution in [0.2, 0.25) is 0 Å². The van der Waals surface area contributed by atoms with Crippen molar-refractivity contribution in [3.63, 3.8) is 0 Å². The van der Waals surface area contributed by atoms with E-state index in [9.17, 15) is 18.0 Å². The number of fused-ring (bicyclic) bond motifs is 1. The number of pyridine rings is 2. The fraction of sp³-hybridized carbons (Fsp3) is 0.368. The molecule has 0 aromatic carbocycles. The molecule has 158 valence electrons. The molecule has 0 bridgehead atoms. The van der Waals surface area contributed by atoms with Crippen molar-refractivity contribution in [3.05, 3.63) is 36.0 Å². The Labute approximate surface area is 170 Å². The van der Waals surface area contributed by atoms with Gasteiger partial charge in [0.15, 0.2) is 5.65 Å². The van der Waals surface area contributed by atoms with Crippen molar-refractivity contribution in [3.8, 4) is 11.4 Å². The summed E-state index contributed by atoms with van der Waals surface area (Å²) in [5.41, 5.74) is -0.642. The Bertz CT molecular complexity index is 1080. The Balaban J connectivity index is 1.76. The van der Waals surface area contributed by atoms with Crippen molar-refractivity contribution < 1.29 is 18.0 Å². The first-order chi connectivity index (χ1) is 14.3. The highest BCUT2D eigenvalue weighted by Crippen LogP contribution is 2.38. The molecule has 1 aliphatic rings. The summed E-state index contributed by atoms with van der Waals surface area (Å²) in [5.74, 6) is 0.264. The zero-order valence-electron chi connectivity index (χ0n) is 16.4. The van der Waals surface area contributed by atoms with Crippen LogP contribution in [-0.4, -0.2) is 70.7 Å². The van der Waals surface area contributed by atoms with Crippen LogP contribution in [0.5, 0.6) is 0 Å². The summed E-state index contributed by atoms with van der Waals surface area (Å²) in [6, 6.07) is 5.17. The lowest BCUT2D eigenvalue weighted by Gasteiger charge is -2.35. The molecule has 1 atom stereocenters. The van der Waals surface area contributed by atoms with Gasteiger partial charge in [-0.1, -0.05) is 0 Å². The van der Waals surface area contributed by atoms with Crippen LogP contribution in [0.25, 0.3) is 22.4 Å². The Hall–Kier alpha value is -3.21. The van der Waals surface area contributed by atoms with Gasteiger partial charge in [-0.05, 0) is 24.3 Å². The van der Waals surface area contributed by atoms with Gasteiger partial charge in [0.05, 0.1) is 11.3 Å². The molecule has 0 saturated carbocycles. The smallest absolute Gasteiger partial charge is 0.353 e. The Kier molecular flexibility index (Phi) is 5.06. The molecule has 8 nitrogen and oxygen atoms in total. The summed E-state index contributed by atoms with van der Waals surface area (Å²) < 4.78 is 41.1. The predicted octanol–water partition coefficient (Wildman–Crippen LogP) is 1.91. The van der Waals surface area contributed by atoms with Crippen LogP contribution in [0.15, 0.2) is 30.5 Å². The average Bonchev–Trinajstić information content (AvgIpc) is 3.16. The van der Waals surface area contributed by atoms with Gasteiger partial charge in [0.25, 0.3) is 0 Å². The molecule has 3 aromatic heterocycles. The number of hydrogen-bond donors (Lipinski definition) is 2. The van der Waals surface area contributed by atoms with Crippen molar-refractivity contribution >= 4 is 22.8 Å². The summed E-state index contributed by atoms with van der Waals surface area (Å²) in [6.45, 7) is 1.33. The number of anilines is 1. The van der Waals surface area contributed by atoms with Crippen LogP contribution in [0.3, 0.4) is 0 Å². The minimum atomic E-state index is -4.59. The summed E-state index contributed by atoms with van der Waals surface area (Å²) in [4.78, 5) is 24.0.